The van der Waals surface area contributed by atoms with Gasteiger partial charge < -0.3 is 9.84 Å². The first kappa shape index (κ1) is 20.2. The maximum Gasteiger partial charge on any atom is 0.277 e. The minimum Gasteiger partial charge on any atom is -0.506 e. The Morgan fingerprint density at radius 1 is 1.24 bits per heavy atom. The van der Waals surface area contributed by atoms with Gasteiger partial charge in [-0.2, -0.15) is 5.10 Å². The van der Waals surface area contributed by atoms with Gasteiger partial charge in [-0.25, -0.2) is 5.43 Å². The fraction of sp³-hybridized carbons (Fsp3) is 0.176. The van der Waals surface area contributed by atoms with Gasteiger partial charge in [0.15, 0.2) is 6.61 Å². The topological polar surface area (TPSA) is 70.9 Å². The molecule has 1 amide bonds. The molecule has 25 heavy (non-hydrogen) atoms. The van der Waals surface area contributed by atoms with Crippen molar-refractivity contribution in [1.29, 1.82) is 0 Å². The molecule has 0 aliphatic rings. The number of phenolic OH excluding ortho intramolecular Hbond substituents is 1. The van der Waals surface area contributed by atoms with Crippen LogP contribution in [0.3, 0.4) is 0 Å². The molecule has 0 aromatic heterocycles. The van der Waals surface area contributed by atoms with Crippen LogP contribution in [-0.4, -0.2) is 23.8 Å². The second kappa shape index (κ2) is 9.04. The van der Waals surface area contributed by atoms with Crippen molar-refractivity contribution < 1.29 is 14.6 Å². The number of hydrogen-bond donors (Lipinski definition) is 2. The van der Waals surface area contributed by atoms with Crippen molar-refractivity contribution >= 4 is 68.9 Å². The smallest absolute Gasteiger partial charge is 0.277 e. The zero-order valence-corrected chi connectivity index (χ0v) is 18.5. The summed E-state index contributed by atoms with van der Waals surface area (Å²) in [7, 11) is 0. The number of amides is 1. The second-order valence-electron chi connectivity index (χ2n) is 5.29. The lowest BCUT2D eigenvalue weighted by Gasteiger charge is -2.09. The van der Waals surface area contributed by atoms with E-state index in [1.54, 1.807) is 24.3 Å². The van der Waals surface area contributed by atoms with E-state index in [4.69, 9.17) is 16.3 Å². The lowest BCUT2D eigenvalue weighted by Crippen LogP contribution is -2.24. The standard InChI is InChI=1S/C17H15ClI2N2O3/c1-9-3-12(4-10(2)16(9)18)25-8-15(23)22-21-7-11-5-13(19)17(24)14(20)6-11/h3-7,24H,8H2,1-2H3,(H,22,23). The van der Waals surface area contributed by atoms with Crippen molar-refractivity contribution in [2.75, 3.05) is 6.61 Å². The Balaban J connectivity index is 1.91. The molecule has 0 aliphatic heterocycles. The number of carbonyl (C=O) groups is 1. The summed E-state index contributed by atoms with van der Waals surface area (Å²) in [5.41, 5.74) is 4.97. The fourth-order valence-electron chi connectivity index (χ4n) is 2.01. The van der Waals surface area contributed by atoms with Crippen LogP contribution < -0.4 is 10.2 Å². The van der Waals surface area contributed by atoms with Crippen molar-refractivity contribution in [3.63, 3.8) is 0 Å². The van der Waals surface area contributed by atoms with Gasteiger partial charge >= 0.3 is 0 Å². The van der Waals surface area contributed by atoms with Gasteiger partial charge in [0.1, 0.15) is 11.5 Å². The Hall–Kier alpha value is -1.07. The molecular weight excluding hydrogens is 569 g/mol. The molecule has 0 bridgehead atoms. The minimum atomic E-state index is -0.371. The average Bonchev–Trinajstić information content (AvgIpc) is 2.55. The summed E-state index contributed by atoms with van der Waals surface area (Å²) in [5.74, 6) is 0.454. The molecule has 5 nitrogen and oxygen atoms in total. The number of aromatic hydroxyl groups is 1. The van der Waals surface area contributed by atoms with Crippen molar-refractivity contribution in [2.24, 2.45) is 5.10 Å². The molecule has 0 unspecified atom stereocenters. The van der Waals surface area contributed by atoms with Gasteiger partial charge in [-0.3, -0.25) is 4.79 Å². The molecule has 0 saturated heterocycles. The van der Waals surface area contributed by atoms with Crippen LogP contribution in [0, 0.1) is 21.0 Å². The van der Waals surface area contributed by atoms with Crippen molar-refractivity contribution in [2.45, 2.75) is 13.8 Å². The molecule has 132 valence electrons. The number of halogens is 3. The van der Waals surface area contributed by atoms with Crippen LogP contribution in [0.5, 0.6) is 11.5 Å². The van der Waals surface area contributed by atoms with Crippen LogP contribution in [0.4, 0.5) is 0 Å². The first-order chi connectivity index (χ1) is 11.8. The van der Waals surface area contributed by atoms with Crippen LogP contribution >= 0.6 is 56.8 Å². The van der Waals surface area contributed by atoms with Gasteiger partial charge in [0.25, 0.3) is 5.91 Å². The zero-order chi connectivity index (χ0) is 18.6. The van der Waals surface area contributed by atoms with Gasteiger partial charge in [0, 0.05) is 5.02 Å². The average molecular weight is 585 g/mol. The highest BCUT2D eigenvalue weighted by molar-refractivity contribution is 14.1. The van der Waals surface area contributed by atoms with E-state index >= 15 is 0 Å². The van der Waals surface area contributed by atoms with E-state index in [0.717, 1.165) is 16.7 Å². The lowest BCUT2D eigenvalue weighted by molar-refractivity contribution is -0.123. The first-order valence-corrected chi connectivity index (χ1v) is 9.71. The Morgan fingerprint density at radius 2 is 1.80 bits per heavy atom. The number of hydrazone groups is 1. The van der Waals surface area contributed by atoms with Crippen molar-refractivity contribution in [3.8, 4) is 11.5 Å². The maximum absolute atomic E-state index is 11.8. The van der Waals surface area contributed by atoms with E-state index in [1.165, 1.54) is 6.21 Å². The number of carbonyl (C=O) groups excluding carboxylic acids is 1. The second-order valence-corrected chi connectivity index (χ2v) is 7.99. The molecule has 0 heterocycles. The van der Waals surface area contributed by atoms with Crippen LogP contribution in [0.2, 0.25) is 5.02 Å². The van der Waals surface area contributed by atoms with Crippen molar-refractivity contribution in [3.05, 3.63) is 53.1 Å². The highest BCUT2D eigenvalue weighted by Gasteiger charge is 2.07. The van der Waals surface area contributed by atoms with Gasteiger partial charge in [0.05, 0.1) is 13.4 Å². The van der Waals surface area contributed by atoms with Gasteiger partial charge in [-0.15, -0.1) is 0 Å². The van der Waals surface area contributed by atoms with Crippen LogP contribution in [0.15, 0.2) is 29.4 Å². The summed E-state index contributed by atoms with van der Waals surface area (Å²) >= 11 is 10.2. The Kier molecular flexibility index (Phi) is 7.32. The molecule has 0 aliphatic carbocycles. The van der Waals surface area contributed by atoms with Crippen LogP contribution in [-0.2, 0) is 4.79 Å². The molecule has 2 aromatic rings. The zero-order valence-electron chi connectivity index (χ0n) is 13.4. The third-order valence-corrected chi connectivity index (χ3v) is 5.46. The van der Waals surface area contributed by atoms with E-state index < -0.39 is 0 Å². The molecule has 2 aromatic carbocycles. The number of nitrogens with one attached hydrogen (secondary N) is 1. The Labute approximate surface area is 178 Å². The number of phenols is 1. The molecule has 2 N–H and O–H groups in total. The highest BCUT2D eigenvalue weighted by Crippen LogP contribution is 2.27. The molecule has 2 rings (SSSR count). The van der Waals surface area contributed by atoms with Gasteiger partial charge in [-0.05, 0) is 100.0 Å². The predicted molar refractivity (Wildman–Crippen MR) is 116 cm³/mol. The molecular formula is C17H15ClI2N2O3. The normalized spacial score (nSPS) is 10.9. The van der Waals surface area contributed by atoms with E-state index in [0.29, 0.717) is 17.9 Å². The molecule has 0 spiro atoms. The number of hydrogen-bond acceptors (Lipinski definition) is 4. The monoisotopic (exact) mass is 584 g/mol. The predicted octanol–water partition coefficient (Wildman–Crippen LogP) is 4.40. The van der Waals surface area contributed by atoms with E-state index in [9.17, 15) is 9.90 Å². The highest BCUT2D eigenvalue weighted by atomic mass is 127. The molecule has 0 atom stereocenters. The van der Waals surface area contributed by atoms with Crippen LogP contribution in [0.1, 0.15) is 16.7 Å². The van der Waals surface area contributed by atoms with Crippen molar-refractivity contribution in [1.82, 2.24) is 5.43 Å². The minimum absolute atomic E-state index is 0.150. The molecule has 0 fully saturated rings. The Bertz CT molecular complexity index is 795. The summed E-state index contributed by atoms with van der Waals surface area (Å²) < 4.78 is 6.89. The van der Waals surface area contributed by atoms with Crippen LogP contribution in [0.25, 0.3) is 0 Å². The van der Waals surface area contributed by atoms with Gasteiger partial charge in [-0.1, -0.05) is 11.6 Å². The summed E-state index contributed by atoms with van der Waals surface area (Å²) in [4.78, 5) is 11.8. The maximum atomic E-state index is 11.8. The lowest BCUT2D eigenvalue weighted by atomic mass is 10.1. The number of nitrogens with zero attached hydrogens (tertiary/aromatic N) is 1. The van der Waals surface area contributed by atoms with Gasteiger partial charge in [0.2, 0.25) is 0 Å². The summed E-state index contributed by atoms with van der Waals surface area (Å²) in [5, 5.41) is 14.3. The summed E-state index contributed by atoms with van der Waals surface area (Å²) in [6.07, 6.45) is 1.51. The summed E-state index contributed by atoms with van der Waals surface area (Å²) in [6.45, 7) is 3.61. The number of rotatable bonds is 5. The third-order valence-electron chi connectivity index (χ3n) is 3.22. The van der Waals surface area contributed by atoms with E-state index in [-0.39, 0.29) is 18.3 Å². The SMILES string of the molecule is Cc1cc(OCC(=O)NN=Cc2cc(I)c(O)c(I)c2)cc(C)c1Cl. The largest absolute Gasteiger partial charge is 0.506 e. The van der Waals surface area contributed by atoms with E-state index in [2.05, 4.69) is 10.5 Å². The van der Waals surface area contributed by atoms with E-state index in [1.807, 2.05) is 59.0 Å². The summed E-state index contributed by atoms with van der Waals surface area (Å²) in [6, 6.07) is 7.10. The number of benzene rings is 2. The number of ether oxygens (including phenoxy) is 1. The fourth-order valence-corrected chi connectivity index (χ4v) is 3.93. The first-order valence-electron chi connectivity index (χ1n) is 7.17. The number of aryl methyl sites for hydroxylation is 2. The molecule has 0 radical (unpaired) electrons. The third kappa shape index (κ3) is 5.71. The quantitative estimate of drug-likeness (QED) is 0.311. The molecule has 8 heteroatoms. The Morgan fingerprint density at radius 3 is 2.36 bits per heavy atom. The molecule has 0 saturated carbocycles.